The number of aliphatic hydroxyl groups excluding tert-OH is 1. The van der Waals surface area contributed by atoms with E-state index < -0.39 is 15.9 Å². The SMILES string of the molecule is CCS(=O)(=O)CCCC(O)c1ccc(I)cc1. The Morgan fingerprint density at radius 2 is 1.88 bits per heavy atom. The van der Waals surface area contributed by atoms with E-state index in [9.17, 15) is 13.5 Å². The lowest BCUT2D eigenvalue weighted by Crippen LogP contribution is -2.10. The summed E-state index contributed by atoms with van der Waals surface area (Å²) in [5.41, 5.74) is 0.847. The Morgan fingerprint density at radius 3 is 2.41 bits per heavy atom. The van der Waals surface area contributed by atoms with Crippen LogP contribution >= 0.6 is 22.6 Å². The first kappa shape index (κ1) is 14.9. The fourth-order valence-electron chi connectivity index (χ4n) is 1.49. The van der Waals surface area contributed by atoms with Gasteiger partial charge in [-0.2, -0.15) is 0 Å². The number of benzene rings is 1. The van der Waals surface area contributed by atoms with Gasteiger partial charge in [-0.1, -0.05) is 19.1 Å². The molecule has 0 bridgehead atoms. The summed E-state index contributed by atoms with van der Waals surface area (Å²) in [5, 5.41) is 9.88. The summed E-state index contributed by atoms with van der Waals surface area (Å²) in [4.78, 5) is 0. The lowest BCUT2D eigenvalue weighted by atomic mass is 10.1. The zero-order valence-corrected chi connectivity index (χ0v) is 12.7. The highest BCUT2D eigenvalue weighted by atomic mass is 127. The van der Waals surface area contributed by atoms with Gasteiger partial charge in [0.05, 0.1) is 11.9 Å². The fourth-order valence-corrected chi connectivity index (χ4v) is 2.75. The molecule has 5 heteroatoms. The number of hydrogen-bond donors (Lipinski definition) is 1. The van der Waals surface area contributed by atoms with Crippen LogP contribution in [0.3, 0.4) is 0 Å². The van der Waals surface area contributed by atoms with E-state index in [1.807, 2.05) is 24.3 Å². The van der Waals surface area contributed by atoms with Crippen LogP contribution in [-0.2, 0) is 9.84 Å². The summed E-state index contributed by atoms with van der Waals surface area (Å²) >= 11 is 2.20. The summed E-state index contributed by atoms with van der Waals surface area (Å²) < 4.78 is 23.7. The molecule has 1 aromatic carbocycles. The van der Waals surface area contributed by atoms with Crippen molar-refractivity contribution in [3.63, 3.8) is 0 Å². The second-order valence-corrected chi connectivity index (χ2v) is 7.66. The summed E-state index contributed by atoms with van der Waals surface area (Å²) in [5.74, 6) is 0.331. The van der Waals surface area contributed by atoms with Crippen molar-refractivity contribution in [1.82, 2.24) is 0 Å². The zero-order valence-electron chi connectivity index (χ0n) is 9.77. The number of aliphatic hydroxyl groups is 1. The Balaban J connectivity index is 2.45. The molecule has 1 aromatic rings. The molecule has 1 atom stereocenters. The Morgan fingerprint density at radius 1 is 1.29 bits per heavy atom. The smallest absolute Gasteiger partial charge is 0.150 e. The molecule has 3 nitrogen and oxygen atoms in total. The van der Waals surface area contributed by atoms with Crippen molar-refractivity contribution in [3.8, 4) is 0 Å². The van der Waals surface area contributed by atoms with Crippen LogP contribution in [0.25, 0.3) is 0 Å². The molecule has 0 spiro atoms. The monoisotopic (exact) mass is 368 g/mol. The van der Waals surface area contributed by atoms with Crippen LogP contribution in [0.4, 0.5) is 0 Å². The highest BCUT2D eigenvalue weighted by Gasteiger charge is 2.11. The highest BCUT2D eigenvalue weighted by molar-refractivity contribution is 14.1. The number of sulfone groups is 1. The third kappa shape index (κ3) is 5.35. The van der Waals surface area contributed by atoms with Gasteiger partial charge in [0.25, 0.3) is 0 Å². The van der Waals surface area contributed by atoms with Crippen LogP contribution in [0, 0.1) is 3.57 Å². The molecular weight excluding hydrogens is 351 g/mol. The van der Waals surface area contributed by atoms with E-state index in [1.54, 1.807) is 6.92 Å². The van der Waals surface area contributed by atoms with Gasteiger partial charge < -0.3 is 5.11 Å². The molecule has 0 heterocycles. The molecule has 96 valence electrons. The van der Waals surface area contributed by atoms with Gasteiger partial charge in [0.15, 0.2) is 0 Å². The predicted octanol–water partition coefficient (Wildman–Crippen LogP) is 2.54. The summed E-state index contributed by atoms with van der Waals surface area (Å²) in [6, 6.07) is 7.62. The lowest BCUT2D eigenvalue weighted by molar-refractivity contribution is 0.166. The minimum absolute atomic E-state index is 0.158. The van der Waals surface area contributed by atoms with E-state index in [0.717, 1.165) is 9.13 Å². The number of halogens is 1. The van der Waals surface area contributed by atoms with Crippen LogP contribution in [0.5, 0.6) is 0 Å². The standard InChI is InChI=1S/C12H17IO3S/c1-2-17(15,16)9-3-4-12(14)10-5-7-11(13)8-6-10/h5-8,12,14H,2-4,9H2,1H3. The molecule has 0 aliphatic rings. The molecule has 0 aliphatic heterocycles. The molecule has 0 radical (unpaired) electrons. The van der Waals surface area contributed by atoms with Crippen LogP contribution in [0.2, 0.25) is 0 Å². The fraction of sp³-hybridized carbons (Fsp3) is 0.500. The van der Waals surface area contributed by atoms with Gasteiger partial charge in [-0.15, -0.1) is 0 Å². The molecule has 0 saturated carbocycles. The lowest BCUT2D eigenvalue weighted by Gasteiger charge is -2.10. The van der Waals surface area contributed by atoms with Crippen LogP contribution in [-0.4, -0.2) is 25.0 Å². The minimum Gasteiger partial charge on any atom is -0.388 e. The first-order valence-corrected chi connectivity index (χ1v) is 8.48. The van der Waals surface area contributed by atoms with Crippen LogP contribution in [0.1, 0.15) is 31.4 Å². The number of rotatable bonds is 6. The van der Waals surface area contributed by atoms with Gasteiger partial charge in [-0.3, -0.25) is 0 Å². The van der Waals surface area contributed by atoms with Crippen molar-refractivity contribution >= 4 is 32.4 Å². The Labute approximate surface area is 116 Å². The molecule has 1 N–H and O–H groups in total. The van der Waals surface area contributed by atoms with Gasteiger partial charge in [-0.25, -0.2) is 8.42 Å². The number of hydrogen-bond acceptors (Lipinski definition) is 3. The summed E-state index contributed by atoms with van der Waals surface area (Å²) in [6.07, 6.45) is 0.419. The zero-order chi connectivity index (χ0) is 12.9. The van der Waals surface area contributed by atoms with E-state index in [4.69, 9.17) is 0 Å². The molecule has 0 fully saturated rings. The van der Waals surface area contributed by atoms with Crippen LogP contribution in [0.15, 0.2) is 24.3 Å². The van der Waals surface area contributed by atoms with Gasteiger partial charge in [0.2, 0.25) is 0 Å². The Hall–Kier alpha value is -0.140. The third-order valence-corrected chi connectivity index (χ3v) is 5.14. The maximum absolute atomic E-state index is 11.3. The van der Waals surface area contributed by atoms with Crippen molar-refractivity contribution in [3.05, 3.63) is 33.4 Å². The maximum atomic E-state index is 11.3. The Bertz CT molecular complexity index is 439. The van der Waals surface area contributed by atoms with E-state index in [-0.39, 0.29) is 11.5 Å². The van der Waals surface area contributed by atoms with Crippen molar-refractivity contribution in [2.75, 3.05) is 11.5 Å². The largest absolute Gasteiger partial charge is 0.388 e. The average molecular weight is 368 g/mol. The molecule has 17 heavy (non-hydrogen) atoms. The van der Waals surface area contributed by atoms with Gasteiger partial charge in [0.1, 0.15) is 9.84 Å². The third-order valence-electron chi connectivity index (χ3n) is 2.63. The predicted molar refractivity (Wildman–Crippen MR) is 77.7 cm³/mol. The van der Waals surface area contributed by atoms with E-state index in [0.29, 0.717) is 12.8 Å². The van der Waals surface area contributed by atoms with Crippen molar-refractivity contribution in [2.24, 2.45) is 0 Å². The normalized spacial score (nSPS) is 13.6. The molecule has 1 rings (SSSR count). The van der Waals surface area contributed by atoms with Crippen molar-refractivity contribution in [1.29, 1.82) is 0 Å². The minimum atomic E-state index is -2.92. The first-order valence-electron chi connectivity index (χ1n) is 5.58. The summed E-state index contributed by atoms with van der Waals surface area (Å²) in [7, 11) is -2.92. The van der Waals surface area contributed by atoms with Crippen molar-refractivity contribution in [2.45, 2.75) is 25.9 Å². The molecular formula is C12H17IO3S. The van der Waals surface area contributed by atoms with E-state index >= 15 is 0 Å². The average Bonchev–Trinajstić information content (AvgIpc) is 2.29. The molecule has 0 saturated heterocycles. The van der Waals surface area contributed by atoms with Crippen LogP contribution < -0.4 is 0 Å². The van der Waals surface area contributed by atoms with Gasteiger partial charge in [0, 0.05) is 9.32 Å². The van der Waals surface area contributed by atoms with Crippen molar-refractivity contribution < 1.29 is 13.5 Å². The van der Waals surface area contributed by atoms with E-state index in [1.165, 1.54) is 0 Å². The van der Waals surface area contributed by atoms with E-state index in [2.05, 4.69) is 22.6 Å². The topological polar surface area (TPSA) is 54.4 Å². The molecule has 0 aromatic heterocycles. The Kier molecular flexibility index (Phi) is 5.88. The quantitative estimate of drug-likeness (QED) is 0.786. The molecule has 0 amide bonds. The second-order valence-electron chi connectivity index (χ2n) is 3.95. The highest BCUT2D eigenvalue weighted by Crippen LogP contribution is 2.19. The van der Waals surface area contributed by atoms with Gasteiger partial charge in [-0.05, 0) is 53.1 Å². The first-order chi connectivity index (χ1) is 7.94. The maximum Gasteiger partial charge on any atom is 0.150 e. The summed E-state index contributed by atoms with van der Waals surface area (Å²) in [6.45, 7) is 1.64. The molecule has 0 aliphatic carbocycles. The molecule has 1 unspecified atom stereocenters. The second kappa shape index (κ2) is 6.70. The van der Waals surface area contributed by atoms with Gasteiger partial charge >= 0.3 is 0 Å².